The third kappa shape index (κ3) is 3.62. The highest BCUT2D eigenvalue weighted by atomic mass is 16.7. The molecule has 2 N–H and O–H groups in total. The molecule has 1 aromatic heterocycles. The number of pyridine rings is 1. The van der Waals surface area contributed by atoms with E-state index >= 15 is 0 Å². The molecule has 6 heteroatoms. The van der Waals surface area contributed by atoms with E-state index in [0.717, 1.165) is 16.8 Å². The Balaban J connectivity index is 2.08. The van der Waals surface area contributed by atoms with Crippen LogP contribution in [0.1, 0.15) is 46.6 Å². The smallest absolute Gasteiger partial charge is 0.399 e. The molecule has 5 nitrogen and oxygen atoms in total. The van der Waals surface area contributed by atoms with Crippen LogP contribution in [0.4, 0.5) is 5.82 Å². The Morgan fingerprint density at radius 1 is 1.27 bits per heavy atom. The number of aromatic nitrogens is 1. The number of rotatable bonds is 5. The summed E-state index contributed by atoms with van der Waals surface area (Å²) in [4.78, 5) is 4.42. The number of hydrogen-bond donors (Lipinski definition) is 2. The molecule has 0 saturated carbocycles. The van der Waals surface area contributed by atoms with Gasteiger partial charge in [0.25, 0.3) is 0 Å². The number of anilines is 1. The number of nitrogens with one attached hydrogen (secondary N) is 1. The number of aryl methyl sites for hydroxylation is 1. The molecule has 1 aromatic rings. The molecule has 1 fully saturated rings. The topological polar surface area (TPSA) is 63.6 Å². The summed E-state index contributed by atoms with van der Waals surface area (Å²) in [6.45, 7) is 12.7. The second-order valence-electron chi connectivity index (χ2n) is 7.08. The summed E-state index contributed by atoms with van der Waals surface area (Å²) in [5, 5.41) is 12.5. The fourth-order valence-corrected chi connectivity index (χ4v) is 2.29. The lowest BCUT2D eigenvalue weighted by Gasteiger charge is -2.32. The van der Waals surface area contributed by atoms with E-state index in [4.69, 9.17) is 9.31 Å². The van der Waals surface area contributed by atoms with Crippen LogP contribution in [-0.4, -0.2) is 41.1 Å². The van der Waals surface area contributed by atoms with Crippen LogP contribution in [0.25, 0.3) is 0 Å². The molecule has 0 amide bonds. The zero-order valence-electron chi connectivity index (χ0n) is 14.4. The van der Waals surface area contributed by atoms with Gasteiger partial charge in [-0.15, -0.1) is 0 Å². The Kier molecular flexibility index (Phi) is 4.85. The second-order valence-corrected chi connectivity index (χ2v) is 7.08. The minimum atomic E-state index is -0.385. The molecule has 122 valence electrons. The van der Waals surface area contributed by atoms with Gasteiger partial charge in [0.1, 0.15) is 5.82 Å². The van der Waals surface area contributed by atoms with Gasteiger partial charge in [-0.05, 0) is 59.6 Å². The summed E-state index contributed by atoms with van der Waals surface area (Å²) in [5.41, 5.74) is 1.34. The zero-order chi connectivity index (χ0) is 16.5. The average molecular weight is 306 g/mol. The third-order valence-corrected chi connectivity index (χ3v) is 4.53. The van der Waals surface area contributed by atoms with Crippen LogP contribution in [0.3, 0.4) is 0 Å². The Morgan fingerprint density at radius 2 is 1.86 bits per heavy atom. The number of nitrogens with zero attached hydrogens (tertiary/aromatic N) is 1. The van der Waals surface area contributed by atoms with E-state index in [1.807, 2.05) is 46.9 Å². The third-order valence-electron chi connectivity index (χ3n) is 4.53. The van der Waals surface area contributed by atoms with Crippen molar-refractivity contribution in [2.75, 3.05) is 11.9 Å². The van der Waals surface area contributed by atoms with Crippen LogP contribution in [0, 0.1) is 6.92 Å². The fraction of sp³-hybridized carbons (Fsp3) is 0.688. The zero-order valence-corrected chi connectivity index (χ0v) is 14.4. The Hall–Kier alpha value is -1.11. The number of aliphatic hydroxyl groups excluding tert-OH is 1. The lowest BCUT2D eigenvalue weighted by atomic mass is 9.77. The molecular formula is C16H27BN2O3. The first-order chi connectivity index (χ1) is 10.1. The van der Waals surface area contributed by atoms with E-state index in [9.17, 15) is 5.11 Å². The maximum absolute atomic E-state index is 9.28. The first-order valence-electron chi connectivity index (χ1n) is 7.86. The lowest BCUT2D eigenvalue weighted by Crippen LogP contribution is -2.41. The van der Waals surface area contributed by atoms with Crippen molar-refractivity contribution in [3.8, 4) is 0 Å². The standard InChI is InChI=1S/C16H27BN2O3/c1-11-9-14(18-8-7-12(2)20)19-10-13(11)17-21-15(3,4)16(5,6)22-17/h9-10,12,20H,7-8H2,1-6H3,(H,18,19)/t12-/m1/s1. The van der Waals surface area contributed by atoms with Gasteiger partial charge in [-0.3, -0.25) is 0 Å². The van der Waals surface area contributed by atoms with Crippen molar-refractivity contribution in [1.29, 1.82) is 0 Å². The van der Waals surface area contributed by atoms with Crippen molar-refractivity contribution in [1.82, 2.24) is 4.98 Å². The second kappa shape index (κ2) is 6.18. The largest absolute Gasteiger partial charge is 0.496 e. The molecule has 0 aromatic carbocycles. The van der Waals surface area contributed by atoms with Gasteiger partial charge in [-0.1, -0.05) is 0 Å². The highest BCUT2D eigenvalue weighted by molar-refractivity contribution is 6.62. The Bertz CT molecular complexity index is 516. The van der Waals surface area contributed by atoms with Crippen molar-refractivity contribution in [3.63, 3.8) is 0 Å². The molecule has 22 heavy (non-hydrogen) atoms. The maximum Gasteiger partial charge on any atom is 0.496 e. The molecule has 0 aliphatic carbocycles. The highest BCUT2D eigenvalue weighted by Crippen LogP contribution is 2.36. The van der Waals surface area contributed by atoms with Crippen LogP contribution in [-0.2, 0) is 9.31 Å². The van der Waals surface area contributed by atoms with Gasteiger partial charge in [0.2, 0.25) is 0 Å². The normalized spacial score (nSPS) is 21.0. The quantitative estimate of drug-likeness (QED) is 0.813. The molecule has 0 bridgehead atoms. The van der Waals surface area contributed by atoms with E-state index in [-0.39, 0.29) is 24.4 Å². The minimum absolute atomic E-state index is 0.308. The van der Waals surface area contributed by atoms with Crippen molar-refractivity contribution in [3.05, 3.63) is 17.8 Å². The van der Waals surface area contributed by atoms with Crippen LogP contribution < -0.4 is 10.8 Å². The summed E-state index contributed by atoms with van der Waals surface area (Å²) in [7, 11) is -0.385. The molecule has 0 unspecified atom stereocenters. The molecule has 0 radical (unpaired) electrons. The highest BCUT2D eigenvalue weighted by Gasteiger charge is 2.52. The SMILES string of the molecule is Cc1cc(NCC[C@@H](C)O)ncc1B1OC(C)(C)C(C)(C)O1. The summed E-state index contributed by atoms with van der Waals surface area (Å²) in [6, 6.07) is 1.99. The lowest BCUT2D eigenvalue weighted by molar-refractivity contribution is 0.00578. The first kappa shape index (κ1) is 17.3. The maximum atomic E-state index is 9.28. The Morgan fingerprint density at radius 3 is 2.36 bits per heavy atom. The predicted octanol–water partition coefficient (Wildman–Crippen LogP) is 1.87. The molecular weight excluding hydrogens is 279 g/mol. The van der Waals surface area contributed by atoms with Crippen molar-refractivity contribution < 1.29 is 14.4 Å². The van der Waals surface area contributed by atoms with E-state index in [2.05, 4.69) is 10.3 Å². The first-order valence-corrected chi connectivity index (χ1v) is 7.86. The van der Waals surface area contributed by atoms with Gasteiger partial charge < -0.3 is 19.7 Å². The van der Waals surface area contributed by atoms with E-state index in [1.165, 1.54) is 0 Å². The number of aliphatic hydroxyl groups is 1. The molecule has 1 aliphatic heterocycles. The summed E-state index contributed by atoms with van der Waals surface area (Å²) < 4.78 is 12.1. The van der Waals surface area contributed by atoms with Gasteiger partial charge >= 0.3 is 7.12 Å². The van der Waals surface area contributed by atoms with Gasteiger partial charge in [0.15, 0.2) is 0 Å². The average Bonchev–Trinajstić information content (AvgIpc) is 2.57. The fourth-order valence-electron chi connectivity index (χ4n) is 2.29. The van der Waals surface area contributed by atoms with E-state index in [1.54, 1.807) is 6.92 Å². The van der Waals surface area contributed by atoms with Crippen molar-refractivity contribution in [2.24, 2.45) is 0 Å². The molecule has 2 heterocycles. The minimum Gasteiger partial charge on any atom is -0.399 e. The van der Waals surface area contributed by atoms with Crippen LogP contribution >= 0.6 is 0 Å². The summed E-state index contributed by atoms with van der Waals surface area (Å²) >= 11 is 0. The van der Waals surface area contributed by atoms with E-state index < -0.39 is 0 Å². The van der Waals surface area contributed by atoms with Gasteiger partial charge in [-0.2, -0.15) is 0 Å². The van der Waals surface area contributed by atoms with Crippen LogP contribution in [0.2, 0.25) is 0 Å². The van der Waals surface area contributed by atoms with Crippen molar-refractivity contribution in [2.45, 2.75) is 65.3 Å². The monoisotopic (exact) mass is 306 g/mol. The number of hydrogen-bond acceptors (Lipinski definition) is 5. The molecule has 1 saturated heterocycles. The summed E-state index contributed by atoms with van der Waals surface area (Å²) in [5.74, 6) is 0.804. The summed E-state index contributed by atoms with van der Waals surface area (Å²) in [6.07, 6.45) is 2.19. The van der Waals surface area contributed by atoms with Gasteiger partial charge in [0.05, 0.1) is 17.3 Å². The molecule has 2 rings (SSSR count). The van der Waals surface area contributed by atoms with Crippen molar-refractivity contribution >= 4 is 18.4 Å². The molecule has 1 aliphatic rings. The van der Waals surface area contributed by atoms with Gasteiger partial charge in [0, 0.05) is 18.2 Å². The van der Waals surface area contributed by atoms with E-state index in [0.29, 0.717) is 13.0 Å². The molecule has 1 atom stereocenters. The molecule has 0 spiro atoms. The predicted molar refractivity (Wildman–Crippen MR) is 89.5 cm³/mol. The van der Waals surface area contributed by atoms with Crippen LogP contribution in [0.15, 0.2) is 12.3 Å². The van der Waals surface area contributed by atoms with Gasteiger partial charge in [-0.25, -0.2) is 4.98 Å². The van der Waals surface area contributed by atoms with Crippen LogP contribution in [0.5, 0.6) is 0 Å². The Labute approximate surface area is 133 Å².